The van der Waals surface area contributed by atoms with Gasteiger partial charge in [0.1, 0.15) is 5.82 Å². The zero-order chi connectivity index (χ0) is 9.68. The van der Waals surface area contributed by atoms with Crippen LogP contribution >= 0.6 is 0 Å². The molecule has 1 aromatic rings. The van der Waals surface area contributed by atoms with Crippen molar-refractivity contribution in [3.8, 4) is 12.3 Å². The molecule has 1 unspecified atom stereocenters. The first kappa shape index (κ1) is 9.69. The molecule has 0 saturated heterocycles. The van der Waals surface area contributed by atoms with Crippen LogP contribution in [0.3, 0.4) is 0 Å². The van der Waals surface area contributed by atoms with Gasteiger partial charge in [0.2, 0.25) is 0 Å². The maximum atomic E-state index is 9.59. The topological polar surface area (TPSA) is 46.0 Å². The highest BCUT2D eigenvalue weighted by Crippen LogP contribution is 2.14. The van der Waals surface area contributed by atoms with E-state index in [1.54, 1.807) is 19.2 Å². The summed E-state index contributed by atoms with van der Waals surface area (Å²) in [6.45, 7) is 1.79. The van der Waals surface area contributed by atoms with Crippen LogP contribution < -0.4 is 0 Å². The summed E-state index contributed by atoms with van der Waals surface area (Å²) in [4.78, 5) is 8.04. The van der Waals surface area contributed by atoms with Crippen molar-refractivity contribution >= 4 is 0 Å². The summed E-state index contributed by atoms with van der Waals surface area (Å²) in [7, 11) is 0. The molecule has 1 atom stereocenters. The average molecular weight is 176 g/mol. The molecule has 1 rings (SSSR count). The number of aliphatic hydroxyl groups is 1. The first-order valence-electron chi connectivity index (χ1n) is 4.15. The van der Waals surface area contributed by atoms with Crippen LogP contribution in [0, 0.1) is 19.3 Å². The molecule has 1 aromatic heterocycles. The molecule has 1 N–H and O–H groups in total. The zero-order valence-corrected chi connectivity index (χ0v) is 7.57. The normalized spacial score (nSPS) is 12.1. The molecular formula is C10H12N2O. The van der Waals surface area contributed by atoms with Crippen LogP contribution in [0.15, 0.2) is 12.3 Å². The lowest BCUT2D eigenvalue weighted by Gasteiger charge is -2.07. The number of terminal acetylenes is 1. The summed E-state index contributed by atoms with van der Waals surface area (Å²) < 4.78 is 0. The maximum absolute atomic E-state index is 9.59. The van der Waals surface area contributed by atoms with Gasteiger partial charge in [0.25, 0.3) is 0 Å². The molecule has 0 aromatic carbocycles. The van der Waals surface area contributed by atoms with E-state index in [-0.39, 0.29) is 0 Å². The summed E-state index contributed by atoms with van der Waals surface area (Å²) in [5.74, 6) is 3.14. The molecule has 0 amide bonds. The van der Waals surface area contributed by atoms with Crippen LogP contribution in [-0.4, -0.2) is 15.1 Å². The van der Waals surface area contributed by atoms with Gasteiger partial charge in [-0.15, -0.1) is 12.3 Å². The predicted octanol–water partition coefficient (Wildman–Crippen LogP) is 1.23. The molecule has 0 bridgehead atoms. The average Bonchev–Trinajstić information content (AvgIpc) is 2.14. The van der Waals surface area contributed by atoms with E-state index in [1.807, 2.05) is 0 Å². The van der Waals surface area contributed by atoms with Gasteiger partial charge in [-0.25, -0.2) is 9.97 Å². The second kappa shape index (κ2) is 4.58. The van der Waals surface area contributed by atoms with Gasteiger partial charge in [-0.05, 0) is 19.4 Å². The zero-order valence-electron chi connectivity index (χ0n) is 7.57. The predicted molar refractivity (Wildman–Crippen MR) is 49.8 cm³/mol. The van der Waals surface area contributed by atoms with Crippen LogP contribution in [0.2, 0.25) is 0 Å². The number of hydrogen-bond acceptors (Lipinski definition) is 3. The highest BCUT2D eigenvalue weighted by molar-refractivity contribution is 5.05. The van der Waals surface area contributed by atoms with Gasteiger partial charge in [-0.1, -0.05) is 0 Å². The van der Waals surface area contributed by atoms with Crippen LogP contribution in [0.5, 0.6) is 0 Å². The van der Waals surface area contributed by atoms with E-state index in [0.717, 1.165) is 0 Å². The Bertz CT molecular complexity index is 317. The molecule has 0 aliphatic heterocycles. The molecule has 0 spiro atoms. The minimum atomic E-state index is -0.572. The lowest BCUT2D eigenvalue weighted by molar-refractivity contribution is 0.164. The second-order valence-corrected chi connectivity index (χ2v) is 2.79. The molecule has 1 heterocycles. The number of aryl methyl sites for hydroxylation is 1. The van der Waals surface area contributed by atoms with E-state index in [9.17, 15) is 5.11 Å². The van der Waals surface area contributed by atoms with Crippen molar-refractivity contribution in [3.63, 3.8) is 0 Å². The van der Waals surface area contributed by atoms with Crippen molar-refractivity contribution in [2.24, 2.45) is 0 Å². The fourth-order valence-electron chi connectivity index (χ4n) is 1.03. The van der Waals surface area contributed by atoms with E-state index in [0.29, 0.717) is 24.4 Å². The Morgan fingerprint density at radius 2 is 2.46 bits per heavy atom. The van der Waals surface area contributed by atoms with Gasteiger partial charge in [0.15, 0.2) is 0 Å². The molecule has 68 valence electrons. The molecule has 0 aliphatic carbocycles. The fourth-order valence-corrected chi connectivity index (χ4v) is 1.03. The van der Waals surface area contributed by atoms with Crippen molar-refractivity contribution < 1.29 is 5.11 Å². The van der Waals surface area contributed by atoms with Gasteiger partial charge in [0.05, 0.1) is 11.8 Å². The van der Waals surface area contributed by atoms with Crippen LogP contribution in [0.4, 0.5) is 0 Å². The summed E-state index contributed by atoms with van der Waals surface area (Å²) in [5, 5.41) is 9.59. The SMILES string of the molecule is C#CCCC(O)c1ccnc(C)n1. The second-order valence-electron chi connectivity index (χ2n) is 2.79. The standard InChI is InChI=1S/C10H12N2O/c1-3-4-5-10(13)9-6-7-11-8(2)12-9/h1,6-7,10,13H,4-5H2,2H3. The highest BCUT2D eigenvalue weighted by Gasteiger charge is 2.07. The number of hydrogen-bond donors (Lipinski definition) is 1. The van der Waals surface area contributed by atoms with Gasteiger partial charge in [0, 0.05) is 12.6 Å². The van der Waals surface area contributed by atoms with Crippen LogP contribution in [-0.2, 0) is 0 Å². The first-order chi connectivity index (χ1) is 6.24. The Labute approximate surface area is 77.9 Å². The van der Waals surface area contributed by atoms with Crippen molar-refractivity contribution in [1.29, 1.82) is 0 Å². The molecule has 13 heavy (non-hydrogen) atoms. The van der Waals surface area contributed by atoms with Crippen LogP contribution in [0.25, 0.3) is 0 Å². The lowest BCUT2D eigenvalue weighted by Crippen LogP contribution is -2.02. The van der Waals surface area contributed by atoms with Crippen molar-refractivity contribution in [1.82, 2.24) is 9.97 Å². The van der Waals surface area contributed by atoms with Gasteiger partial charge >= 0.3 is 0 Å². The lowest BCUT2D eigenvalue weighted by atomic mass is 10.1. The fraction of sp³-hybridized carbons (Fsp3) is 0.400. The Morgan fingerprint density at radius 3 is 3.08 bits per heavy atom. The third kappa shape index (κ3) is 2.85. The van der Waals surface area contributed by atoms with Crippen molar-refractivity contribution in [2.75, 3.05) is 0 Å². The number of aromatic nitrogens is 2. The maximum Gasteiger partial charge on any atom is 0.125 e. The van der Waals surface area contributed by atoms with E-state index in [1.165, 1.54) is 0 Å². The molecule has 3 heteroatoms. The Hall–Kier alpha value is -1.40. The van der Waals surface area contributed by atoms with E-state index in [4.69, 9.17) is 6.42 Å². The quantitative estimate of drug-likeness (QED) is 0.704. The molecule has 0 aliphatic rings. The first-order valence-corrected chi connectivity index (χ1v) is 4.15. The highest BCUT2D eigenvalue weighted by atomic mass is 16.3. The number of rotatable bonds is 3. The summed E-state index contributed by atoms with van der Waals surface area (Å²) in [6, 6.07) is 1.70. The summed E-state index contributed by atoms with van der Waals surface area (Å²) in [6.07, 6.45) is 7.26. The van der Waals surface area contributed by atoms with Gasteiger partial charge in [-0.2, -0.15) is 0 Å². The van der Waals surface area contributed by atoms with E-state index in [2.05, 4.69) is 15.9 Å². The van der Waals surface area contributed by atoms with Crippen LogP contribution in [0.1, 0.15) is 30.5 Å². The van der Waals surface area contributed by atoms with Gasteiger partial charge in [-0.3, -0.25) is 0 Å². The summed E-state index contributed by atoms with van der Waals surface area (Å²) in [5.41, 5.74) is 0.641. The molecule has 3 nitrogen and oxygen atoms in total. The Balaban J connectivity index is 2.66. The van der Waals surface area contributed by atoms with Gasteiger partial charge < -0.3 is 5.11 Å². The molecule has 0 fully saturated rings. The monoisotopic (exact) mass is 176 g/mol. The summed E-state index contributed by atoms with van der Waals surface area (Å²) >= 11 is 0. The molecule has 0 radical (unpaired) electrons. The smallest absolute Gasteiger partial charge is 0.125 e. The Morgan fingerprint density at radius 1 is 1.69 bits per heavy atom. The van der Waals surface area contributed by atoms with E-state index >= 15 is 0 Å². The third-order valence-corrected chi connectivity index (χ3v) is 1.70. The molecular weight excluding hydrogens is 164 g/mol. The minimum absolute atomic E-state index is 0.549. The largest absolute Gasteiger partial charge is 0.387 e. The number of nitrogens with zero attached hydrogens (tertiary/aromatic N) is 2. The Kier molecular flexibility index (Phi) is 3.41. The minimum Gasteiger partial charge on any atom is -0.387 e. The van der Waals surface area contributed by atoms with E-state index < -0.39 is 6.10 Å². The van der Waals surface area contributed by atoms with Crippen molar-refractivity contribution in [3.05, 3.63) is 23.8 Å². The molecule has 0 saturated carbocycles. The van der Waals surface area contributed by atoms with Crippen molar-refractivity contribution in [2.45, 2.75) is 25.9 Å². The third-order valence-electron chi connectivity index (χ3n) is 1.70. The number of aliphatic hydroxyl groups excluding tert-OH is 1.